The molecule has 1 aromatic rings. The van der Waals surface area contributed by atoms with Gasteiger partial charge in [-0.05, 0) is 17.7 Å². The molecule has 6 heteroatoms. The first-order chi connectivity index (χ1) is 7.09. The monoisotopic (exact) mass is 207 g/mol. The molecule has 1 rings (SSSR count). The van der Waals surface area contributed by atoms with Gasteiger partial charge < -0.3 is 0 Å². The van der Waals surface area contributed by atoms with Gasteiger partial charge in [0.2, 0.25) is 5.91 Å². The topological polar surface area (TPSA) is 84.6 Å². The Morgan fingerprint density at radius 1 is 1.47 bits per heavy atom. The van der Waals surface area contributed by atoms with Gasteiger partial charge in [-0.2, -0.15) is 5.10 Å². The maximum absolute atomic E-state index is 10.5. The lowest BCUT2D eigenvalue weighted by atomic mass is 10.2. The van der Waals surface area contributed by atoms with Gasteiger partial charge in [-0.25, -0.2) is 5.43 Å². The van der Waals surface area contributed by atoms with E-state index in [1.165, 1.54) is 25.3 Å². The van der Waals surface area contributed by atoms with Crippen LogP contribution in [0, 0.1) is 10.1 Å². The fourth-order valence-electron chi connectivity index (χ4n) is 0.880. The predicted molar refractivity (Wildman–Crippen MR) is 54.5 cm³/mol. The number of hydrogen-bond acceptors (Lipinski definition) is 4. The zero-order chi connectivity index (χ0) is 11.3. The van der Waals surface area contributed by atoms with Gasteiger partial charge in [-0.15, -0.1) is 0 Å². The number of nitrogens with one attached hydrogen (secondary N) is 1. The van der Waals surface area contributed by atoms with Crippen LogP contribution in [-0.4, -0.2) is 17.0 Å². The van der Waals surface area contributed by atoms with Gasteiger partial charge in [-0.3, -0.25) is 14.9 Å². The van der Waals surface area contributed by atoms with Crippen molar-refractivity contribution in [3.8, 4) is 0 Å². The Morgan fingerprint density at radius 2 is 2.07 bits per heavy atom. The van der Waals surface area contributed by atoms with Crippen LogP contribution in [0.25, 0.3) is 0 Å². The lowest BCUT2D eigenvalue weighted by Crippen LogP contribution is -2.12. The minimum Gasteiger partial charge on any atom is -0.274 e. The van der Waals surface area contributed by atoms with Crippen LogP contribution in [0.15, 0.2) is 29.4 Å². The molecule has 0 aliphatic carbocycles. The fraction of sp³-hybridized carbons (Fsp3) is 0.111. The summed E-state index contributed by atoms with van der Waals surface area (Å²) in [6.07, 6.45) is 1.41. The average molecular weight is 207 g/mol. The van der Waals surface area contributed by atoms with E-state index in [4.69, 9.17) is 0 Å². The normalized spacial score (nSPS) is 10.2. The second-order valence-corrected chi connectivity index (χ2v) is 2.77. The fourth-order valence-corrected chi connectivity index (χ4v) is 0.880. The third-order valence-electron chi connectivity index (χ3n) is 1.54. The molecular weight excluding hydrogens is 198 g/mol. The van der Waals surface area contributed by atoms with E-state index in [1.54, 1.807) is 12.1 Å². The molecule has 0 spiro atoms. The number of carbonyl (C=O) groups excluding carboxylic acids is 1. The summed E-state index contributed by atoms with van der Waals surface area (Å²) in [4.78, 5) is 20.3. The van der Waals surface area contributed by atoms with Crippen LogP contribution < -0.4 is 5.43 Å². The van der Waals surface area contributed by atoms with Crippen molar-refractivity contribution in [2.75, 3.05) is 0 Å². The average Bonchev–Trinajstić information content (AvgIpc) is 2.18. The van der Waals surface area contributed by atoms with Crippen molar-refractivity contribution in [1.82, 2.24) is 5.43 Å². The number of rotatable bonds is 3. The Hall–Kier alpha value is -2.24. The lowest BCUT2D eigenvalue weighted by Gasteiger charge is -1.93. The number of hydrogen-bond donors (Lipinski definition) is 1. The summed E-state index contributed by atoms with van der Waals surface area (Å²) < 4.78 is 0. The van der Waals surface area contributed by atoms with Crippen molar-refractivity contribution in [3.63, 3.8) is 0 Å². The molecule has 6 nitrogen and oxygen atoms in total. The number of benzene rings is 1. The van der Waals surface area contributed by atoms with Gasteiger partial charge in [0.1, 0.15) is 0 Å². The molecule has 0 fully saturated rings. The molecule has 0 aliphatic rings. The highest BCUT2D eigenvalue weighted by atomic mass is 16.6. The van der Waals surface area contributed by atoms with Crippen molar-refractivity contribution in [1.29, 1.82) is 0 Å². The number of amides is 1. The standard InChI is InChI=1S/C9H9N3O3/c1-7(13)11-10-6-8-2-4-9(5-3-8)12(14)15/h2-6H,1H3,(H,11,13). The molecular formula is C9H9N3O3. The van der Waals surface area contributed by atoms with E-state index < -0.39 is 4.92 Å². The summed E-state index contributed by atoms with van der Waals surface area (Å²) in [5, 5.41) is 14.0. The highest BCUT2D eigenvalue weighted by Crippen LogP contribution is 2.10. The first kappa shape index (κ1) is 10.8. The van der Waals surface area contributed by atoms with Crippen LogP contribution in [0.3, 0.4) is 0 Å². The number of nitrogens with zero attached hydrogens (tertiary/aromatic N) is 2. The zero-order valence-electron chi connectivity index (χ0n) is 8.01. The largest absolute Gasteiger partial charge is 0.274 e. The number of non-ortho nitro benzene ring substituents is 1. The SMILES string of the molecule is CC(=O)NN=Cc1ccc([N+](=O)[O-])cc1. The van der Waals surface area contributed by atoms with E-state index in [-0.39, 0.29) is 11.6 Å². The molecule has 0 bridgehead atoms. The van der Waals surface area contributed by atoms with Crippen molar-refractivity contribution in [2.24, 2.45) is 5.10 Å². The van der Waals surface area contributed by atoms with E-state index >= 15 is 0 Å². The second kappa shape index (κ2) is 4.85. The van der Waals surface area contributed by atoms with Crippen LogP contribution in [-0.2, 0) is 4.79 Å². The van der Waals surface area contributed by atoms with Crippen molar-refractivity contribution < 1.29 is 9.72 Å². The van der Waals surface area contributed by atoms with Crippen molar-refractivity contribution >= 4 is 17.8 Å². The molecule has 0 unspecified atom stereocenters. The van der Waals surface area contributed by atoms with E-state index in [1.807, 2.05) is 0 Å². The summed E-state index contributed by atoms with van der Waals surface area (Å²) in [5.74, 6) is -0.270. The highest BCUT2D eigenvalue weighted by Gasteiger charge is 2.02. The van der Waals surface area contributed by atoms with Crippen LogP contribution in [0.2, 0.25) is 0 Å². The van der Waals surface area contributed by atoms with E-state index in [2.05, 4.69) is 10.5 Å². The van der Waals surface area contributed by atoms with Crippen LogP contribution >= 0.6 is 0 Å². The van der Waals surface area contributed by atoms with E-state index in [0.717, 1.165) is 0 Å². The van der Waals surface area contributed by atoms with Gasteiger partial charge in [0.25, 0.3) is 5.69 Å². The Labute approximate surface area is 85.8 Å². The van der Waals surface area contributed by atoms with E-state index in [9.17, 15) is 14.9 Å². The van der Waals surface area contributed by atoms with Crippen molar-refractivity contribution in [2.45, 2.75) is 6.92 Å². The third-order valence-corrected chi connectivity index (χ3v) is 1.54. The molecule has 15 heavy (non-hydrogen) atoms. The van der Waals surface area contributed by atoms with Gasteiger partial charge in [0.15, 0.2) is 0 Å². The molecule has 0 aromatic heterocycles. The molecule has 0 aliphatic heterocycles. The van der Waals surface area contributed by atoms with Gasteiger partial charge in [0, 0.05) is 19.1 Å². The molecule has 0 radical (unpaired) electrons. The molecule has 1 aromatic carbocycles. The van der Waals surface area contributed by atoms with Gasteiger partial charge >= 0.3 is 0 Å². The summed E-state index contributed by atoms with van der Waals surface area (Å²) in [7, 11) is 0. The molecule has 1 N–H and O–H groups in total. The lowest BCUT2D eigenvalue weighted by molar-refractivity contribution is -0.384. The Bertz CT molecular complexity index is 398. The minimum atomic E-state index is -0.477. The Kier molecular flexibility index (Phi) is 3.50. The van der Waals surface area contributed by atoms with Crippen LogP contribution in [0.4, 0.5) is 5.69 Å². The number of nitro groups is 1. The molecule has 0 heterocycles. The molecule has 1 amide bonds. The molecule has 0 atom stereocenters. The van der Waals surface area contributed by atoms with Gasteiger partial charge in [0.05, 0.1) is 11.1 Å². The first-order valence-electron chi connectivity index (χ1n) is 4.13. The van der Waals surface area contributed by atoms with Crippen molar-refractivity contribution in [3.05, 3.63) is 39.9 Å². The summed E-state index contributed by atoms with van der Waals surface area (Å²) in [5.41, 5.74) is 2.92. The Morgan fingerprint density at radius 3 is 2.53 bits per heavy atom. The maximum atomic E-state index is 10.5. The van der Waals surface area contributed by atoms with Crippen LogP contribution in [0.5, 0.6) is 0 Å². The first-order valence-corrected chi connectivity index (χ1v) is 4.13. The minimum absolute atomic E-state index is 0.0201. The third kappa shape index (κ3) is 3.55. The number of carbonyl (C=O) groups is 1. The van der Waals surface area contributed by atoms with Gasteiger partial charge in [-0.1, -0.05) is 0 Å². The maximum Gasteiger partial charge on any atom is 0.269 e. The zero-order valence-corrected chi connectivity index (χ0v) is 8.01. The Balaban J connectivity index is 2.68. The summed E-state index contributed by atoms with van der Waals surface area (Å²) >= 11 is 0. The predicted octanol–water partition coefficient (Wildman–Crippen LogP) is 1.06. The second-order valence-electron chi connectivity index (χ2n) is 2.77. The molecule has 0 saturated carbocycles. The highest BCUT2D eigenvalue weighted by molar-refractivity contribution is 5.81. The number of hydrazone groups is 1. The summed E-state index contributed by atoms with van der Waals surface area (Å²) in [6.45, 7) is 1.34. The smallest absolute Gasteiger partial charge is 0.269 e. The molecule has 0 saturated heterocycles. The summed E-state index contributed by atoms with van der Waals surface area (Å²) in [6, 6.07) is 5.83. The van der Waals surface area contributed by atoms with E-state index in [0.29, 0.717) is 5.56 Å². The molecule has 78 valence electrons. The van der Waals surface area contributed by atoms with Crippen LogP contribution in [0.1, 0.15) is 12.5 Å². The number of nitro benzene ring substituents is 1. The quantitative estimate of drug-likeness (QED) is 0.457.